The van der Waals surface area contributed by atoms with Gasteiger partial charge in [0.25, 0.3) is 0 Å². The van der Waals surface area contributed by atoms with E-state index in [2.05, 4.69) is 59.4 Å². The smallest absolute Gasteiger partial charge is 0.0681 e. The number of fused-ring (bicyclic) bond motifs is 2. The zero-order valence-electron chi connectivity index (χ0n) is 14.3. The van der Waals surface area contributed by atoms with Crippen LogP contribution in [-0.2, 0) is 6.61 Å². The topological polar surface area (TPSA) is 26.7 Å². The first-order valence-corrected chi connectivity index (χ1v) is 9.80. The number of piperazine rings is 1. The molecule has 1 saturated heterocycles. The molecule has 2 aliphatic heterocycles. The Bertz CT molecular complexity index is 649. The normalized spacial score (nSPS) is 30.7. The maximum absolute atomic E-state index is 9.60. The highest BCUT2D eigenvalue weighted by molar-refractivity contribution is 8.00. The number of hydrogen-bond acceptors (Lipinski definition) is 4. The third-order valence-corrected chi connectivity index (χ3v) is 6.95. The Morgan fingerprint density at radius 1 is 1.12 bits per heavy atom. The highest BCUT2D eigenvalue weighted by Gasteiger charge is 2.34. The van der Waals surface area contributed by atoms with Gasteiger partial charge < -0.3 is 10.0 Å². The van der Waals surface area contributed by atoms with Crippen molar-refractivity contribution in [1.82, 2.24) is 9.80 Å². The van der Waals surface area contributed by atoms with Crippen LogP contribution in [0.2, 0.25) is 0 Å². The van der Waals surface area contributed by atoms with E-state index in [1.54, 1.807) is 0 Å². The Morgan fingerprint density at radius 2 is 1.92 bits per heavy atom. The Balaban J connectivity index is 1.70. The lowest BCUT2D eigenvalue weighted by atomic mass is 9.88. The fraction of sp³-hybridized carbons (Fsp3) is 0.500. The molecule has 128 valence electrons. The largest absolute Gasteiger partial charge is 0.392 e. The van der Waals surface area contributed by atoms with Crippen molar-refractivity contribution in [3.05, 3.63) is 53.6 Å². The predicted molar refractivity (Wildman–Crippen MR) is 100 cm³/mol. The molecule has 2 heterocycles. The van der Waals surface area contributed by atoms with Gasteiger partial charge in [-0.15, -0.1) is 11.8 Å². The van der Waals surface area contributed by atoms with E-state index in [9.17, 15) is 5.11 Å². The van der Waals surface area contributed by atoms with Crippen LogP contribution < -0.4 is 0 Å². The molecule has 0 bridgehead atoms. The maximum atomic E-state index is 9.60. The molecule has 3 atom stereocenters. The summed E-state index contributed by atoms with van der Waals surface area (Å²) < 4.78 is 0. The van der Waals surface area contributed by atoms with Crippen LogP contribution in [0.3, 0.4) is 0 Å². The SMILES string of the molecule is CN1CCN(C2CC3C=CC=CC3Sc3ccc(CO)cc32)CC1. The van der Waals surface area contributed by atoms with Gasteiger partial charge in [0.05, 0.1) is 6.61 Å². The molecule has 1 fully saturated rings. The van der Waals surface area contributed by atoms with E-state index in [-0.39, 0.29) is 6.61 Å². The first-order valence-electron chi connectivity index (χ1n) is 8.92. The minimum Gasteiger partial charge on any atom is -0.392 e. The number of rotatable bonds is 2. The summed E-state index contributed by atoms with van der Waals surface area (Å²) >= 11 is 1.99. The highest BCUT2D eigenvalue weighted by atomic mass is 32.2. The van der Waals surface area contributed by atoms with Gasteiger partial charge in [0.2, 0.25) is 0 Å². The average Bonchev–Trinajstić information content (AvgIpc) is 2.78. The molecule has 1 aliphatic carbocycles. The number of likely N-dealkylation sites (N-methyl/N-ethyl adjacent to an activating group) is 1. The van der Waals surface area contributed by atoms with E-state index in [0.717, 1.165) is 31.7 Å². The van der Waals surface area contributed by atoms with Crippen LogP contribution in [0.5, 0.6) is 0 Å². The van der Waals surface area contributed by atoms with Crippen molar-refractivity contribution in [2.75, 3.05) is 33.2 Å². The van der Waals surface area contributed by atoms with Gasteiger partial charge in [-0.3, -0.25) is 4.90 Å². The van der Waals surface area contributed by atoms with E-state index in [1.165, 1.54) is 16.9 Å². The molecule has 0 aromatic heterocycles. The molecule has 1 N–H and O–H groups in total. The number of thioether (sulfide) groups is 1. The summed E-state index contributed by atoms with van der Waals surface area (Å²) in [6, 6.07) is 7.01. The summed E-state index contributed by atoms with van der Waals surface area (Å²) in [7, 11) is 2.21. The van der Waals surface area contributed by atoms with E-state index in [0.29, 0.717) is 17.2 Å². The lowest BCUT2D eigenvalue weighted by molar-refractivity contribution is 0.100. The second kappa shape index (κ2) is 7.04. The van der Waals surface area contributed by atoms with Crippen LogP contribution in [0, 0.1) is 5.92 Å². The molecule has 1 aromatic rings. The molecule has 1 aromatic carbocycles. The van der Waals surface area contributed by atoms with Gasteiger partial charge in [0.1, 0.15) is 0 Å². The quantitative estimate of drug-likeness (QED) is 0.894. The van der Waals surface area contributed by atoms with Crippen LogP contribution in [0.1, 0.15) is 23.6 Å². The molecule has 24 heavy (non-hydrogen) atoms. The Labute approximate surface area is 149 Å². The van der Waals surface area contributed by atoms with Gasteiger partial charge in [0.15, 0.2) is 0 Å². The van der Waals surface area contributed by atoms with Crippen LogP contribution in [0.4, 0.5) is 0 Å². The monoisotopic (exact) mass is 342 g/mol. The average molecular weight is 343 g/mol. The summed E-state index contributed by atoms with van der Waals surface area (Å²) in [6.45, 7) is 4.67. The number of aliphatic hydroxyl groups is 1. The minimum atomic E-state index is 0.125. The third-order valence-electron chi connectivity index (χ3n) is 5.55. The molecule has 3 nitrogen and oxygen atoms in total. The van der Waals surface area contributed by atoms with Gasteiger partial charge in [0, 0.05) is 42.4 Å². The number of aliphatic hydroxyl groups excluding tert-OH is 1. The number of benzene rings is 1. The Hall–Kier alpha value is -1.07. The zero-order valence-corrected chi connectivity index (χ0v) is 15.1. The molecule has 0 amide bonds. The van der Waals surface area contributed by atoms with E-state index >= 15 is 0 Å². The van der Waals surface area contributed by atoms with Crippen LogP contribution in [-0.4, -0.2) is 53.4 Å². The molecule has 4 rings (SSSR count). The molecule has 3 aliphatic rings. The van der Waals surface area contributed by atoms with Crippen molar-refractivity contribution in [1.29, 1.82) is 0 Å². The van der Waals surface area contributed by atoms with Crippen molar-refractivity contribution >= 4 is 11.8 Å². The summed E-state index contributed by atoms with van der Waals surface area (Å²) in [5.41, 5.74) is 2.46. The van der Waals surface area contributed by atoms with Gasteiger partial charge >= 0.3 is 0 Å². The molecular formula is C20H26N2OS. The van der Waals surface area contributed by atoms with Crippen molar-refractivity contribution < 1.29 is 5.11 Å². The molecule has 0 spiro atoms. The Kier molecular flexibility index (Phi) is 4.81. The van der Waals surface area contributed by atoms with E-state index in [4.69, 9.17) is 0 Å². The minimum absolute atomic E-state index is 0.125. The van der Waals surface area contributed by atoms with Crippen LogP contribution >= 0.6 is 11.8 Å². The first kappa shape index (κ1) is 16.4. The van der Waals surface area contributed by atoms with Crippen LogP contribution in [0.25, 0.3) is 0 Å². The summed E-state index contributed by atoms with van der Waals surface area (Å²) in [6.07, 6.45) is 10.3. The summed E-state index contributed by atoms with van der Waals surface area (Å²) in [5, 5.41) is 10.1. The third kappa shape index (κ3) is 3.21. The second-order valence-corrected chi connectivity index (χ2v) is 8.36. The number of hydrogen-bond donors (Lipinski definition) is 1. The first-order chi connectivity index (χ1) is 11.7. The molecule has 0 radical (unpaired) electrons. The molecule has 0 saturated carbocycles. The van der Waals surface area contributed by atoms with Crippen molar-refractivity contribution in [2.24, 2.45) is 5.92 Å². The lowest BCUT2D eigenvalue weighted by Crippen LogP contribution is -2.46. The van der Waals surface area contributed by atoms with Crippen molar-refractivity contribution in [3.8, 4) is 0 Å². The fourth-order valence-corrected chi connectivity index (χ4v) is 5.36. The number of nitrogens with zero attached hydrogens (tertiary/aromatic N) is 2. The van der Waals surface area contributed by atoms with Gasteiger partial charge in [-0.05, 0) is 36.6 Å². The standard InChI is InChI=1S/C20H26N2OS/c1-21-8-10-22(11-9-21)18-13-16-4-2-3-5-19(16)24-20-7-6-15(14-23)12-17(18)20/h2-7,12,16,18-19,23H,8-11,13-14H2,1H3. The lowest BCUT2D eigenvalue weighted by Gasteiger charge is -2.39. The summed E-state index contributed by atoms with van der Waals surface area (Å²) in [5.74, 6) is 0.592. The van der Waals surface area contributed by atoms with Crippen molar-refractivity contribution in [3.63, 3.8) is 0 Å². The number of allylic oxidation sites excluding steroid dienone is 3. The summed E-state index contributed by atoms with van der Waals surface area (Å²) in [4.78, 5) is 6.47. The van der Waals surface area contributed by atoms with E-state index < -0.39 is 0 Å². The molecule has 4 heteroatoms. The van der Waals surface area contributed by atoms with Gasteiger partial charge in [-0.2, -0.15) is 0 Å². The van der Waals surface area contributed by atoms with Crippen LogP contribution in [0.15, 0.2) is 47.4 Å². The zero-order chi connectivity index (χ0) is 16.5. The maximum Gasteiger partial charge on any atom is 0.0681 e. The molecule has 3 unspecified atom stereocenters. The highest BCUT2D eigenvalue weighted by Crippen LogP contribution is 2.46. The van der Waals surface area contributed by atoms with Gasteiger partial charge in [-0.1, -0.05) is 36.4 Å². The van der Waals surface area contributed by atoms with Gasteiger partial charge in [-0.25, -0.2) is 0 Å². The second-order valence-electron chi connectivity index (χ2n) is 7.14. The fourth-order valence-electron chi connectivity index (χ4n) is 4.05. The van der Waals surface area contributed by atoms with Crippen molar-refractivity contribution in [2.45, 2.75) is 29.2 Å². The van der Waals surface area contributed by atoms with E-state index in [1.807, 2.05) is 11.8 Å². The Morgan fingerprint density at radius 3 is 2.71 bits per heavy atom. The predicted octanol–water partition coefficient (Wildman–Crippen LogP) is 3.07. The molecular weight excluding hydrogens is 316 g/mol.